The summed E-state index contributed by atoms with van der Waals surface area (Å²) in [6.45, 7) is 1.65. The Hall–Kier alpha value is -0.470. The van der Waals surface area contributed by atoms with E-state index in [9.17, 15) is 35.0 Å². The molecule has 2 heterocycles. The Morgan fingerprint density at radius 3 is 1.83 bits per heavy atom. The minimum atomic E-state index is -1.55. The van der Waals surface area contributed by atoms with E-state index in [1.165, 1.54) is 109 Å². The van der Waals surface area contributed by atoms with Gasteiger partial charge in [0.25, 0.3) is 0 Å². The summed E-state index contributed by atoms with van der Waals surface area (Å²) >= 11 is 0. The second-order valence-electron chi connectivity index (χ2n) is 17.8. The number of aliphatic hydroxyl groups is 6. The van der Waals surface area contributed by atoms with Gasteiger partial charge in [-0.15, -0.1) is 0 Å². The van der Waals surface area contributed by atoms with Crippen molar-refractivity contribution in [3.8, 4) is 0 Å². The number of nitrogens with one attached hydrogen (secondary N) is 2. The number of ether oxygens (including phenoxy) is 2. The molecule has 3 aliphatic carbocycles. The fraction of sp³-hybridized carbons (Fsp3) is 1.00. The molecule has 53 heavy (non-hydrogen) atoms. The second-order valence-corrected chi connectivity index (χ2v) is 17.8. The van der Waals surface area contributed by atoms with Gasteiger partial charge in [-0.3, -0.25) is 10.9 Å². The van der Waals surface area contributed by atoms with Gasteiger partial charge in [-0.05, 0) is 50.4 Å². The molecular weight excluding hydrogens is 679 g/mol. The van der Waals surface area contributed by atoms with Crippen molar-refractivity contribution in [1.82, 2.24) is 10.9 Å². The molecule has 3 saturated carbocycles. The van der Waals surface area contributed by atoms with Crippen molar-refractivity contribution in [2.24, 2.45) is 11.3 Å². The maximum Gasteiger partial charge on any atom is 0.186 e. The molecule has 0 spiro atoms. The Morgan fingerprint density at radius 1 is 0.717 bits per heavy atom. The van der Waals surface area contributed by atoms with E-state index in [-0.39, 0.29) is 18.7 Å². The van der Waals surface area contributed by atoms with Gasteiger partial charge >= 0.3 is 0 Å². The van der Waals surface area contributed by atoms with Gasteiger partial charge in [0.1, 0.15) is 30.1 Å². The van der Waals surface area contributed by atoms with E-state index < -0.39 is 61.1 Å². The zero-order valence-electron chi connectivity index (χ0n) is 33.2. The molecule has 0 aromatic heterocycles. The van der Waals surface area contributed by atoms with Crippen LogP contribution in [0.5, 0.6) is 0 Å². The number of hydrogen-bond acceptors (Lipinski definition) is 10. The number of hydrazine groups is 1. The summed E-state index contributed by atoms with van der Waals surface area (Å²) in [5.41, 5.74) is 6.35. The van der Waals surface area contributed by atoms with E-state index in [0.717, 1.165) is 57.8 Å². The quantitative estimate of drug-likeness (QED) is 0.0379. The first-order chi connectivity index (χ1) is 25.6. The summed E-state index contributed by atoms with van der Waals surface area (Å²) in [5.74, 6) is -0.528. The molecule has 8 N–H and O–H groups in total. The molecule has 0 radical (unpaired) electrons. The van der Waals surface area contributed by atoms with Crippen LogP contribution in [0.3, 0.4) is 0 Å². The Balaban J connectivity index is 1.13. The zero-order valence-corrected chi connectivity index (χ0v) is 33.2. The van der Waals surface area contributed by atoms with Gasteiger partial charge < -0.3 is 40.1 Å². The predicted molar refractivity (Wildman–Crippen MR) is 206 cm³/mol. The summed E-state index contributed by atoms with van der Waals surface area (Å²) < 4.78 is 25.2. The molecule has 0 amide bonds. The molecule has 2 bridgehead atoms. The van der Waals surface area contributed by atoms with Crippen molar-refractivity contribution in [3.63, 3.8) is 0 Å². The van der Waals surface area contributed by atoms with E-state index >= 15 is 0 Å². The van der Waals surface area contributed by atoms with Gasteiger partial charge in [0.15, 0.2) is 6.29 Å². The van der Waals surface area contributed by atoms with Crippen molar-refractivity contribution in [1.29, 1.82) is 0 Å². The van der Waals surface area contributed by atoms with Crippen LogP contribution >= 0.6 is 0 Å². The van der Waals surface area contributed by atoms with Gasteiger partial charge in [-0.1, -0.05) is 135 Å². The summed E-state index contributed by atoms with van der Waals surface area (Å²) in [5, 5.41) is 63.2. The lowest BCUT2D eigenvalue weighted by Gasteiger charge is -2.66. The lowest BCUT2D eigenvalue weighted by Crippen LogP contribution is -2.64. The molecule has 5 aliphatic rings. The molecule has 312 valence electrons. The number of halogens is 1. The van der Waals surface area contributed by atoms with Crippen LogP contribution in [-0.2, 0) is 9.47 Å². The first-order valence-corrected chi connectivity index (χ1v) is 22.1. The fourth-order valence-corrected chi connectivity index (χ4v) is 9.71. The van der Waals surface area contributed by atoms with Crippen LogP contribution in [0.2, 0.25) is 0 Å². The van der Waals surface area contributed by atoms with Crippen LogP contribution < -0.4 is 10.9 Å². The van der Waals surface area contributed by atoms with Gasteiger partial charge in [-0.25, -0.2) is 4.39 Å². The molecule has 10 nitrogen and oxygen atoms in total. The van der Waals surface area contributed by atoms with E-state index in [2.05, 4.69) is 17.8 Å². The van der Waals surface area contributed by atoms with Crippen molar-refractivity contribution < 1.29 is 44.5 Å². The number of aliphatic hydroxyl groups excluding tert-OH is 6. The van der Waals surface area contributed by atoms with E-state index in [0.29, 0.717) is 11.8 Å². The largest absolute Gasteiger partial charge is 0.394 e. The Bertz CT molecular complexity index is 960. The maximum atomic E-state index is 13.7. The Morgan fingerprint density at radius 2 is 1.26 bits per heavy atom. The first kappa shape index (κ1) is 45.2. The standard InChI is InChI=1S/C42H79FN2O8/c1-2-3-4-5-6-7-8-9-10-14-17-20-23-34(47)36(48)32(27-52-40-39(51)38(50)37(49)35(26-46)53-40)33-25-31(44-45-33)22-19-16-13-11-12-15-18-21-24-41-28-42(43,29-41)30-41/h31-40,44-51H,2-30H2,1H3/t31?,32-,33?,34-,35?,36+,37?,38?,39?,40?,41?,42?/m1/s1. The third-order valence-corrected chi connectivity index (χ3v) is 13.1. The van der Waals surface area contributed by atoms with Gasteiger partial charge in [0, 0.05) is 18.0 Å². The number of hydrogen-bond donors (Lipinski definition) is 8. The van der Waals surface area contributed by atoms with Crippen molar-refractivity contribution >= 4 is 0 Å². The van der Waals surface area contributed by atoms with Gasteiger partial charge in [-0.2, -0.15) is 0 Å². The van der Waals surface area contributed by atoms with E-state index in [1.807, 2.05) is 0 Å². The summed E-state index contributed by atoms with van der Waals surface area (Å²) in [6, 6.07) is 0.0214. The number of unbranched alkanes of at least 4 members (excludes halogenated alkanes) is 18. The number of rotatable bonds is 31. The van der Waals surface area contributed by atoms with Crippen LogP contribution in [0.15, 0.2) is 0 Å². The normalized spacial score (nSPS) is 34.1. The summed E-state index contributed by atoms with van der Waals surface area (Å²) in [4.78, 5) is 0. The monoisotopic (exact) mass is 759 g/mol. The zero-order chi connectivity index (χ0) is 38.1. The maximum absolute atomic E-state index is 13.7. The van der Waals surface area contributed by atoms with Crippen LogP contribution in [0.25, 0.3) is 0 Å². The van der Waals surface area contributed by atoms with Crippen molar-refractivity contribution in [2.75, 3.05) is 13.2 Å². The molecule has 2 aliphatic heterocycles. The fourth-order valence-electron chi connectivity index (χ4n) is 9.71. The lowest BCUT2D eigenvalue weighted by atomic mass is 9.41. The van der Waals surface area contributed by atoms with Crippen LogP contribution in [0.1, 0.15) is 180 Å². The van der Waals surface area contributed by atoms with Crippen LogP contribution in [0, 0.1) is 11.3 Å². The molecule has 7 unspecified atom stereocenters. The van der Waals surface area contributed by atoms with E-state index in [4.69, 9.17) is 9.47 Å². The topological polar surface area (TPSA) is 164 Å². The highest BCUT2D eigenvalue weighted by Crippen LogP contribution is 2.71. The highest BCUT2D eigenvalue weighted by atomic mass is 19.1. The minimum Gasteiger partial charge on any atom is -0.394 e. The molecule has 0 aromatic rings. The third-order valence-electron chi connectivity index (χ3n) is 13.1. The molecule has 10 atom stereocenters. The SMILES string of the molecule is CCCCCCCCCCCCCC[C@@H](O)[C@@H](O)[C@H](COC1OC(CO)C(O)C(O)C1O)C1CC(CCCCCCCCCCC23CC(F)(C2)C3)NN1. The highest BCUT2D eigenvalue weighted by molar-refractivity contribution is 5.18. The second kappa shape index (κ2) is 23.7. The average Bonchev–Trinajstić information content (AvgIpc) is 3.59. The highest BCUT2D eigenvalue weighted by Gasteiger charge is 2.68. The van der Waals surface area contributed by atoms with E-state index in [1.54, 1.807) is 0 Å². The molecule has 5 rings (SSSR count). The molecule has 0 aromatic carbocycles. The Kier molecular flexibility index (Phi) is 20.2. The van der Waals surface area contributed by atoms with Crippen LogP contribution in [0.4, 0.5) is 4.39 Å². The van der Waals surface area contributed by atoms with Crippen molar-refractivity contribution in [2.45, 2.75) is 241 Å². The average molecular weight is 759 g/mol. The first-order valence-electron chi connectivity index (χ1n) is 22.1. The summed E-state index contributed by atoms with van der Waals surface area (Å²) in [7, 11) is 0. The van der Waals surface area contributed by atoms with Gasteiger partial charge in [0.05, 0.1) is 25.4 Å². The smallest absolute Gasteiger partial charge is 0.186 e. The third kappa shape index (κ3) is 14.5. The van der Waals surface area contributed by atoms with Crippen molar-refractivity contribution in [3.05, 3.63) is 0 Å². The number of alkyl halides is 1. The molecular formula is C42H79FN2O8. The summed E-state index contributed by atoms with van der Waals surface area (Å²) in [6.07, 6.45) is 21.5. The van der Waals surface area contributed by atoms with Gasteiger partial charge in [0.2, 0.25) is 0 Å². The van der Waals surface area contributed by atoms with Crippen LogP contribution in [-0.4, -0.2) is 105 Å². The molecule has 2 saturated heterocycles. The Labute approximate surface area is 320 Å². The minimum absolute atomic E-state index is 0.0525. The lowest BCUT2D eigenvalue weighted by molar-refractivity contribution is -0.305. The molecule has 11 heteroatoms. The predicted octanol–water partition coefficient (Wildman–Crippen LogP) is 6.26. The molecule has 5 fully saturated rings.